The molecule has 9 heteroatoms. The summed E-state index contributed by atoms with van der Waals surface area (Å²) in [6.45, 7) is 2.71. The maximum Gasteiger partial charge on any atom is 0.258 e. The first-order valence-electron chi connectivity index (χ1n) is 11.1. The van der Waals surface area contributed by atoms with Gasteiger partial charge in [-0.25, -0.2) is 0 Å². The minimum absolute atomic E-state index is 0. The number of rotatable bonds is 7. The van der Waals surface area contributed by atoms with Crippen LogP contribution in [0, 0.1) is 0 Å². The summed E-state index contributed by atoms with van der Waals surface area (Å²) in [5, 5.41) is 11.6. The molecule has 1 aliphatic heterocycles. The van der Waals surface area contributed by atoms with E-state index in [-0.39, 0.29) is 24.6 Å². The van der Waals surface area contributed by atoms with E-state index in [2.05, 4.69) is 39.8 Å². The van der Waals surface area contributed by atoms with Crippen LogP contribution < -0.4 is 15.6 Å². The van der Waals surface area contributed by atoms with Crippen molar-refractivity contribution < 1.29 is 9.47 Å². The Hall–Kier alpha value is -2.71. The summed E-state index contributed by atoms with van der Waals surface area (Å²) in [5.41, 5.74) is 5.26. The fraction of sp³-hybridized carbons (Fsp3) is 0.320. The van der Waals surface area contributed by atoms with Crippen LogP contribution in [0.3, 0.4) is 0 Å². The highest BCUT2D eigenvalue weighted by Gasteiger charge is 2.16. The molecule has 34 heavy (non-hydrogen) atoms. The Morgan fingerprint density at radius 3 is 2.82 bits per heavy atom. The summed E-state index contributed by atoms with van der Waals surface area (Å²) in [4.78, 5) is 12.8. The van der Waals surface area contributed by atoms with Crippen LogP contribution in [0.15, 0.2) is 53.5 Å². The summed E-state index contributed by atoms with van der Waals surface area (Å²) in [6.07, 6.45) is 6.66. The zero-order valence-corrected chi connectivity index (χ0v) is 20.1. The summed E-state index contributed by atoms with van der Waals surface area (Å²) in [7, 11) is 0. The van der Waals surface area contributed by atoms with Crippen LogP contribution in [0.4, 0.5) is 0 Å². The highest BCUT2D eigenvalue weighted by molar-refractivity contribution is 6.29. The summed E-state index contributed by atoms with van der Waals surface area (Å²) in [5.74, 6) is 0.495. The van der Waals surface area contributed by atoms with Crippen molar-refractivity contribution in [2.45, 2.75) is 38.5 Å². The summed E-state index contributed by atoms with van der Waals surface area (Å²) in [6, 6.07) is 13.7. The van der Waals surface area contributed by atoms with Crippen molar-refractivity contribution in [2.75, 3.05) is 13.2 Å². The van der Waals surface area contributed by atoms with Crippen molar-refractivity contribution in [1.29, 1.82) is 0 Å². The Labute approximate surface area is 209 Å². The number of aromatic nitrogens is 3. The van der Waals surface area contributed by atoms with Crippen molar-refractivity contribution in [2.24, 2.45) is 0 Å². The standard InChI is InChI=1S/C25H25ClN4O3.ClH/c26-24-6-4-21(28-29-24)16-33-23-7-9-30(25(31)13-23)22-5-3-18-11-17(1-2-19(18)12-22)14-27-20-8-10-32-15-20;/h1-2,4,6-7,9,11-13,20,27H,3,5,8,10,14-16H2;1H. The molecule has 0 radical (unpaired) electrons. The zero-order valence-electron chi connectivity index (χ0n) is 18.6. The molecule has 2 aliphatic rings. The number of ether oxygens (including phenoxy) is 2. The Balaban J connectivity index is 0.00000274. The quantitative estimate of drug-likeness (QED) is 0.525. The Morgan fingerprint density at radius 1 is 1.15 bits per heavy atom. The number of halogens is 2. The van der Waals surface area contributed by atoms with Gasteiger partial charge in [0.2, 0.25) is 0 Å². The first-order valence-corrected chi connectivity index (χ1v) is 11.5. The molecule has 0 amide bonds. The topological polar surface area (TPSA) is 78.3 Å². The summed E-state index contributed by atoms with van der Waals surface area (Å²) >= 11 is 5.75. The number of pyridine rings is 1. The number of allylic oxidation sites excluding steroid dienone is 1. The average Bonchev–Trinajstić information content (AvgIpc) is 3.36. The molecule has 2 aromatic heterocycles. The van der Waals surface area contributed by atoms with Crippen LogP contribution in [0.1, 0.15) is 35.2 Å². The number of nitrogens with one attached hydrogen (secondary N) is 1. The van der Waals surface area contributed by atoms with E-state index in [0.29, 0.717) is 22.6 Å². The molecule has 3 heterocycles. The maximum atomic E-state index is 12.8. The minimum atomic E-state index is -0.121. The van der Waals surface area contributed by atoms with Gasteiger partial charge in [0.25, 0.3) is 5.56 Å². The zero-order chi connectivity index (χ0) is 22.6. The second-order valence-corrected chi connectivity index (χ2v) is 8.70. The van der Waals surface area contributed by atoms with Crippen LogP contribution >= 0.6 is 24.0 Å². The smallest absolute Gasteiger partial charge is 0.258 e. The average molecular weight is 501 g/mol. The van der Waals surface area contributed by atoms with E-state index in [0.717, 1.165) is 50.3 Å². The van der Waals surface area contributed by atoms with Gasteiger partial charge in [-0.05, 0) is 60.2 Å². The maximum absolute atomic E-state index is 12.8. The molecule has 178 valence electrons. The van der Waals surface area contributed by atoms with Gasteiger partial charge in [0.15, 0.2) is 5.15 Å². The molecule has 3 aromatic rings. The van der Waals surface area contributed by atoms with Gasteiger partial charge in [-0.1, -0.05) is 29.8 Å². The molecule has 1 aliphatic carbocycles. The Morgan fingerprint density at radius 2 is 2.06 bits per heavy atom. The molecule has 1 saturated heterocycles. The molecule has 0 bridgehead atoms. The molecule has 5 rings (SSSR count). The molecule has 0 saturated carbocycles. The van der Waals surface area contributed by atoms with Crippen molar-refractivity contribution >= 4 is 35.8 Å². The highest BCUT2D eigenvalue weighted by Crippen LogP contribution is 2.27. The van der Waals surface area contributed by atoms with E-state index in [1.54, 1.807) is 29.0 Å². The van der Waals surface area contributed by atoms with Crippen LogP contribution in [-0.4, -0.2) is 34.0 Å². The molecule has 0 spiro atoms. The predicted octanol–water partition coefficient (Wildman–Crippen LogP) is 4.12. The van der Waals surface area contributed by atoms with Gasteiger partial charge in [0, 0.05) is 37.2 Å². The molecular formula is C25H26Cl2N4O3. The third-order valence-electron chi connectivity index (χ3n) is 5.98. The first-order chi connectivity index (χ1) is 16.1. The number of fused-ring (bicyclic) bond motifs is 1. The van der Waals surface area contributed by atoms with Gasteiger partial charge in [-0.3, -0.25) is 9.36 Å². The normalized spacial score (nSPS) is 17.0. The summed E-state index contributed by atoms with van der Waals surface area (Å²) < 4.78 is 12.8. The van der Waals surface area contributed by atoms with E-state index in [1.807, 2.05) is 0 Å². The van der Waals surface area contributed by atoms with Gasteiger partial charge in [0.05, 0.1) is 6.61 Å². The predicted molar refractivity (Wildman–Crippen MR) is 134 cm³/mol. The number of hydrogen-bond acceptors (Lipinski definition) is 6. The van der Waals surface area contributed by atoms with Crippen molar-refractivity contribution in [3.8, 4) is 5.75 Å². The van der Waals surface area contributed by atoms with Gasteiger partial charge in [-0.2, -0.15) is 5.10 Å². The van der Waals surface area contributed by atoms with E-state index in [1.165, 1.54) is 17.2 Å². The highest BCUT2D eigenvalue weighted by atomic mass is 35.5. The lowest BCUT2D eigenvalue weighted by molar-refractivity contribution is 0.190. The van der Waals surface area contributed by atoms with Crippen LogP contribution in [0.25, 0.3) is 11.8 Å². The van der Waals surface area contributed by atoms with E-state index in [9.17, 15) is 4.79 Å². The molecule has 1 unspecified atom stereocenters. The third-order valence-corrected chi connectivity index (χ3v) is 6.18. The van der Waals surface area contributed by atoms with E-state index in [4.69, 9.17) is 21.1 Å². The Kier molecular flexibility index (Phi) is 8.00. The van der Waals surface area contributed by atoms with Crippen molar-refractivity contribution in [1.82, 2.24) is 20.1 Å². The molecule has 1 aromatic carbocycles. The largest absolute Gasteiger partial charge is 0.487 e. The number of aryl methyl sites for hydroxylation is 1. The van der Waals surface area contributed by atoms with Gasteiger partial charge >= 0.3 is 0 Å². The monoisotopic (exact) mass is 500 g/mol. The minimum Gasteiger partial charge on any atom is -0.487 e. The fourth-order valence-corrected chi connectivity index (χ4v) is 4.25. The lowest BCUT2D eigenvalue weighted by atomic mass is 9.93. The third kappa shape index (κ3) is 5.85. The van der Waals surface area contributed by atoms with E-state index >= 15 is 0 Å². The van der Waals surface area contributed by atoms with E-state index < -0.39 is 0 Å². The van der Waals surface area contributed by atoms with Crippen LogP contribution in [0.2, 0.25) is 5.15 Å². The molecule has 1 N–H and O–H groups in total. The van der Waals surface area contributed by atoms with Gasteiger partial charge < -0.3 is 14.8 Å². The molecule has 1 atom stereocenters. The second-order valence-electron chi connectivity index (χ2n) is 8.32. The fourth-order valence-electron chi connectivity index (χ4n) is 4.15. The van der Waals surface area contributed by atoms with Crippen LogP contribution in [-0.2, 0) is 24.3 Å². The number of benzene rings is 1. The molecule has 1 fully saturated rings. The SMILES string of the molecule is Cl.O=c1cc(OCc2ccc(Cl)nn2)ccn1C1=Cc2ccc(CNC3CCOC3)cc2CC1. The van der Waals surface area contributed by atoms with Crippen LogP contribution in [0.5, 0.6) is 5.75 Å². The molecule has 7 nitrogen and oxygen atoms in total. The Bertz CT molecular complexity index is 1220. The van der Waals surface area contributed by atoms with Crippen molar-refractivity contribution in [3.63, 3.8) is 0 Å². The first kappa shape index (κ1) is 24.4. The number of nitrogens with zero attached hydrogens (tertiary/aromatic N) is 3. The molecular weight excluding hydrogens is 475 g/mol. The van der Waals surface area contributed by atoms with Gasteiger partial charge in [-0.15, -0.1) is 17.5 Å². The number of hydrogen-bond donors (Lipinski definition) is 1. The van der Waals surface area contributed by atoms with Gasteiger partial charge in [0.1, 0.15) is 18.1 Å². The lowest BCUT2D eigenvalue weighted by Gasteiger charge is -2.20. The lowest BCUT2D eigenvalue weighted by Crippen LogP contribution is -2.28. The van der Waals surface area contributed by atoms with Crippen molar-refractivity contribution in [3.05, 3.63) is 86.6 Å². The second kappa shape index (κ2) is 11.1.